The number of thioether (sulfide) groups is 4. The van der Waals surface area contributed by atoms with E-state index in [1.807, 2.05) is 0 Å². The van der Waals surface area contributed by atoms with Crippen molar-refractivity contribution in [3.8, 4) is 0 Å². The number of nitrogens with zero attached hydrogens (tertiary/aromatic N) is 2. The first-order valence-electron chi connectivity index (χ1n) is 7.21. The van der Waals surface area contributed by atoms with Crippen LogP contribution in [-0.4, -0.2) is 69.4 Å². The molecule has 112 valence electrons. The lowest BCUT2D eigenvalue weighted by Gasteiger charge is -2.20. The van der Waals surface area contributed by atoms with Crippen molar-refractivity contribution in [1.82, 2.24) is 9.80 Å². The highest BCUT2D eigenvalue weighted by atomic mass is 32.2. The fourth-order valence-electron chi connectivity index (χ4n) is 2.19. The van der Waals surface area contributed by atoms with Gasteiger partial charge < -0.3 is 0 Å². The molecule has 6 heteroatoms. The predicted molar refractivity (Wildman–Crippen MR) is 96.6 cm³/mol. The van der Waals surface area contributed by atoms with E-state index in [2.05, 4.69) is 56.8 Å². The lowest BCUT2D eigenvalue weighted by molar-refractivity contribution is 0.339. The molecule has 0 amide bonds. The van der Waals surface area contributed by atoms with Crippen LogP contribution in [0.3, 0.4) is 0 Å². The zero-order valence-electron chi connectivity index (χ0n) is 11.7. The number of unbranched alkanes of at least 4 members (excludes halogenated alkanes) is 2. The summed E-state index contributed by atoms with van der Waals surface area (Å²) in [5.41, 5.74) is 0. The van der Waals surface area contributed by atoms with Gasteiger partial charge in [0.15, 0.2) is 0 Å². The van der Waals surface area contributed by atoms with Gasteiger partial charge in [0, 0.05) is 46.5 Å². The maximum Gasteiger partial charge on any atom is 0.0452 e. The molecule has 0 atom stereocenters. The highest BCUT2D eigenvalue weighted by molar-refractivity contribution is 8.03. The van der Waals surface area contributed by atoms with Crippen LogP contribution in [0.15, 0.2) is 0 Å². The molecule has 0 aromatic heterocycles. The van der Waals surface area contributed by atoms with Gasteiger partial charge in [0.05, 0.1) is 0 Å². The first kappa shape index (κ1) is 16.7. The van der Waals surface area contributed by atoms with Crippen LogP contribution in [0.1, 0.15) is 19.3 Å². The minimum Gasteiger partial charge on any atom is -0.285 e. The minimum absolute atomic E-state index is 1.26. The molecule has 2 fully saturated rings. The van der Waals surface area contributed by atoms with E-state index in [-0.39, 0.29) is 0 Å². The SMILES string of the molecule is C(CCN1CSCCSC1)CCN1CSCCSC1. The van der Waals surface area contributed by atoms with Crippen LogP contribution in [0.4, 0.5) is 0 Å². The molecule has 2 nitrogen and oxygen atoms in total. The molecule has 0 aromatic rings. The summed E-state index contributed by atoms with van der Waals surface area (Å²) in [4.78, 5) is 5.25. The summed E-state index contributed by atoms with van der Waals surface area (Å²) in [5.74, 6) is 10.4. The Morgan fingerprint density at radius 1 is 0.526 bits per heavy atom. The molecule has 0 spiro atoms. The van der Waals surface area contributed by atoms with Crippen LogP contribution in [-0.2, 0) is 0 Å². The molecule has 2 rings (SSSR count). The molecular formula is C13H26N2S4. The lowest BCUT2D eigenvalue weighted by Crippen LogP contribution is -2.24. The predicted octanol–water partition coefficient (Wildman–Crippen LogP) is 3.55. The van der Waals surface area contributed by atoms with Crippen LogP contribution in [0.2, 0.25) is 0 Å². The van der Waals surface area contributed by atoms with Gasteiger partial charge in [0.2, 0.25) is 0 Å². The maximum absolute atomic E-state index is 2.62. The monoisotopic (exact) mass is 338 g/mol. The summed E-state index contributed by atoms with van der Waals surface area (Å²) >= 11 is 8.42. The van der Waals surface area contributed by atoms with Crippen molar-refractivity contribution < 1.29 is 0 Å². The molecule has 2 aliphatic heterocycles. The molecule has 0 aromatic carbocycles. The Morgan fingerprint density at radius 3 is 1.26 bits per heavy atom. The summed E-state index contributed by atoms with van der Waals surface area (Å²) in [7, 11) is 0. The minimum atomic E-state index is 1.26. The third-order valence-corrected chi connectivity index (χ3v) is 7.97. The molecule has 0 bridgehead atoms. The lowest BCUT2D eigenvalue weighted by atomic mass is 10.2. The van der Waals surface area contributed by atoms with Crippen LogP contribution < -0.4 is 0 Å². The zero-order valence-corrected chi connectivity index (χ0v) is 15.0. The van der Waals surface area contributed by atoms with E-state index in [4.69, 9.17) is 0 Å². The largest absolute Gasteiger partial charge is 0.285 e. The van der Waals surface area contributed by atoms with Gasteiger partial charge in [-0.15, -0.1) is 47.0 Å². The summed E-state index contributed by atoms with van der Waals surface area (Å²) in [6, 6.07) is 0. The quantitative estimate of drug-likeness (QED) is 0.678. The second kappa shape index (κ2) is 11.0. The molecule has 2 aliphatic rings. The average Bonchev–Trinajstić information content (AvgIpc) is 2.83. The first-order chi connectivity index (χ1) is 9.45. The van der Waals surface area contributed by atoms with Crippen molar-refractivity contribution in [1.29, 1.82) is 0 Å². The van der Waals surface area contributed by atoms with Gasteiger partial charge >= 0.3 is 0 Å². The molecule has 0 N–H and O–H groups in total. The van der Waals surface area contributed by atoms with Crippen LogP contribution in [0.25, 0.3) is 0 Å². The van der Waals surface area contributed by atoms with Gasteiger partial charge in [0.25, 0.3) is 0 Å². The van der Waals surface area contributed by atoms with Crippen molar-refractivity contribution >= 4 is 47.0 Å². The van der Waals surface area contributed by atoms with Gasteiger partial charge in [0.1, 0.15) is 0 Å². The van der Waals surface area contributed by atoms with Crippen molar-refractivity contribution in [2.24, 2.45) is 0 Å². The Hall–Kier alpha value is 1.32. The van der Waals surface area contributed by atoms with Crippen LogP contribution in [0.5, 0.6) is 0 Å². The van der Waals surface area contributed by atoms with Gasteiger partial charge in [-0.3, -0.25) is 9.80 Å². The molecule has 2 saturated heterocycles. The van der Waals surface area contributed by atoms with Gasteiger partial charge in [-0.1, -0.05) is 6.42 Å². The molecule has 0 aliphatic carbocycles. The summed E-state index contributed by atoms with van der Waals surface area (Å²) in [6.07, 6.45) is 4.17. The summed E-state index contributed by atoms with van der Waals surface area (Å²) in [5, 5.41) is 0. The van der Waals surface area contributed by atoms with Crippen molar-refractivity contribution in [3.05, 3.63) is 0 Å². The van der Waals surface area contributed by atoms with Crippen LogP contribution >= 0.6 is 47.0 Å². The normalized spacial score (nSPS) is 24.0. The Bertz CT molecular complexity index is 193. The summed E-state index contributed by atoms with van der Waals surface area (Å²) in [6.45, 7) is 2.62. The van der Waals surface area contributed by atoms with Gasteiger partial charge in [-0.2, -0.15) is 0 Å². The Balaban J connectivity index is 1.46. The van der Waals surface area contributed by atoms with Crippen molar-refractivity contribution in [2.75, 3.05) is 59.6 Å². The Kier molecular flexibility index (Phi) is 9.63. The number of hydrogen-bond acceptors (Lipinski definition) is 6. The number of rotatable bonds is 6. The van der Waals surface area contributed by atoms with Crippen molar-refractivity contribution in [2.45, 2.75) is 19.3 Å². The number of hydrogen-bond donors (Lipinski definition) is 0. The van der Waals surface area contributed by atoms with E-state index in [0.717, 1.165) is 0 Å². The standard InChI is InChI=1S/C13H26N2S4/c1(2-4-14-10-16-6-7-17-11-14)3-5-15-12-18-8-9-19-13-15/h1-13H2. The van der Waals surface area contributed by atoms with Gasteiger partial charge in [-0.25, -0.2) is 0 Å². The van der Waals surface area contributed by atoms with E-state index in [1.54, 1.807) is 0 Å². The van der Waals surface area contributed by atoms with Crippen molar-refractivity contribution in [3.63, 3.8) is 0 Å². The third-order valence-electron chi connectivity index (χ3n) is 3.29. The average molecular weight is 339 g/mol. The fourth-order valence-corrected chi connectivity index (χ4v) is 6.74. The summed E-state index contributed by atoms with van der Waals surface area (Å²) < 4.78 is 0. The first-order valence-corrected chi connectivity index (χ1v) is 11.8. The van der Waals surface area contributed by atoms with E-state index in [0.29, 0.717) is 0 Å². The topological polar surface area (TPSA) is 6.48 Å². The highest BCUT2D eigenvalue weighted by Gasteiger charge is 2.10. The third kappa shape index (κ3) is 7.77. The second-order valence-electron chi connectivity index (χ2n) is 5.00. The second-order valence-corrected chi connectivity index (χ2v) is 9.30. The molecule has 0 radical (unpaired) electrons. The smallest absolute Gasteiger partial charge is 0.0452 e. The molecule has 0 saturated carbocycles. The van der Waals surface area contributed by atoms with Gasteiger partial charge in [-0.05, 0) is 25.9 Å². The van der Waals surface area contributed by atoms with E-state index in [1.165, 1.54) is 78.9 Å². The van der Waals surface area contributed by atoms with E-state index in [9.17, 15) is 0 Å². The zero-order chi connectivity index (χ0) is 13.2. The fraction of sp³-hybridized carbons (Fsp3) is 1.00. The highest BCUT2D eigenvalue weighted by Crippen LogP contribution is 2.19. The molecule has 19 heavy (non-hydrogen) atoms. The molecular weight excluding hydrogens is 312 g/mol. The van der Waals surface area contributed by atoms with E-state index >= 15 is 0 Å². The van der Waals surface area contributed by atoms with E-state index < -0.39 is 0 Å². The van der Waals surface area contributed by atoms with Crippen LogP contribution in [0, 0.1) is 0 Å². The Morgan fingerprint density at radius 2 is 0.895 bits per heavy atom. The molecule has 2 heterocycles. The maximum atomic E-state index is 2.62. The molecule has 0 unspecified atom stereocenters. The Labute approximate surface area is 135 Å².